The van der Waals surface area contributed by atoms with Crippen molar-refractivity contribution >= 4 is 39.3 Å². The van der Waals surface area contributed by atoms with Gasteiger partial charge >= 0.3 is 0 Å². The van der Waals surface area contributed by atoms with Gasteiger partial charge in [-0.1, -0.05) is 52.9 Å². The van der Waals surface area contributed by atoms with E-state index in [4.69, 9.17) is 4.98 Å². The van der Waals surface area contributed by atoms with Crippen molar-refractivity contribution in [2.45, 2.75) is 17.1 Å². The number of hydrazine groups is 1. The highest BCUT2D eigenvalue weighted by molar-refractivity contribution is 14.1. The summed E-state index contributed by atoms with van der Waals surface area (Å²) in [5.41, 5.74) is 8.41. The average Bonchev–Trinajstić information content (AvgIpc) is 3.11. The Bertz CT molecular complexity index is 888. The number of hydrogen-bond donors (Lipinski definition) is 1. The van der Waals surface area contributed by atoms with Gasteiger partial charge in [-0.2, -0.15) is 0 Å². The summed E-state index contributed by atoms with van der Waals surface area (Å²) in [6.45, 7) is 2.68. The van der Waals surface area contributed by atoms with Gasteiger partial charge in [0.1, 0.15) is 9.87 Å². The minimum Gasteiger partial charge on any atom is -0.325 e. The monoisotopic (exact) mass is 447 g/mol. The van der Waals surface area contributed by atoms with E-state index in [1.807, 2.05) is 0 Å². The Morgan fingerprint density at radius 3 is 2.72 bits per heavy atom. The van der Waals surface area contributed by atoms with Gasteiger partial charge < -0.3 is 9.47 Å². The molecule has 0 saturated heterocycles. The molecule has 0 spiro atoms. The van der Waals surface area contributed by atoms with Crippen LogP contribution in [0.15, 0.2) is 48.5 Å². The topological polar surface area (TPSA) is 36.3 Å². The number of para-hydroxylation sites is 3. The van der Waals surface area contributed by atoms with Crippen LogP contribution in [0.2, 0.25) is 0 Å². The predicted molar refractivity (Wildman–Crippen MR) is 111 cm³/mol. The minimum atomic E-state index is 0.299. The number of nitrogens with one attached hydrogen (secondary N) is 1. The smallest absolute Gasteiger partial charge is 0.131 e. The first kappa shape index (κ1) is 16.8. The fraction of sp³-hybridized carbons (Fsp3) is 0.316. The normalized spacial score (nSPS) is 16.8. The van der Waals surface area contributed by atoms with Crippen LogP contribution in [-0.2, 0) is 13.1 Å². The summed E-state index contributed by atoms with van der Waals surface area (Å²) >= 11 is 2.44. The summed E-state index contributed by atoms with van der Waals surface area (Å²) in [6, 6.07) is 17.0. The standard InChI is InChI=1S/C19H22IN5/c1-23(2)11-12-24-17-10-6-4-8-15(17)21-18(24)13-25-16-9-5-3-7-14(16)19(20)22-25/h3-10,19,22H,11-13H2,1-2H3. The second-order valence-electron chi connectivity index (χ2n) is 6.61. The second-order valence-corrected chi connectivity index (χ2v) is 7.85. The average molecular weight is 447 g/mol. The molecule has 3 aromatic rings. The highest BCUT2D eigenvalue weighted by Gasteiger charge is 2.27. The molecule has 0 aliphatic carbocycles. The zero-order valence-electron chi connectivity index (χ0n) is 14.5. The maximum atomic E-state index is 4.91. The summed E-state index contributed by atoms with van der Waals surface area (Å²) in [5, 5.41) is 2.22. The number of halogens is 1. The lowest BCUT2D eigenvalue weighted by molar-refractivity contribution is 0.382. The van der Waals surface area contributed by atoms with Gasteiger partial charge in [-0.25, -0.2) is 10.4 Å². The third kappa shape index (κ3) is 3.26. The van der Waals surface area contributed by atoms with Crippen molar-refractivity contribution in [1.29, 1.82) is 0 Å². The van der Waals surface area contributed by atoms with E-state index in [1.165, 1.54) is 16.8 Å². The van der Waals surface area contributed by atoms with Crippen LogP contribution in [0.5, 0.6) is 0 Å². The molecule has 0 fully saturated rings. The molecule has 1 aliphatic rings. The summed E-state index contributed by atoms with van der Waals surface area (Å²) in [5.74, 6) is 1.09. The first-order chi connectivity index (χ1) is 12.1. The third-order valence-electron chi connectivity index (χ3n) is 4.57. The minimum absolute atomic E-state index is 0.299. The van der Waals surface area contributed by atoms with Crippen LogP contribution in [0, 0.1) is 0 Å². The van der Waals surface area contributed by atoms with Gasteiger partial charge in [0.05, 0.1) is 23.3 Å². The first-order valence-electron chi connectivity index (χ1n) is 8.49. The van der Waals surface area contributed by atoms with Crippen molar-refractivity contribution in [2.75, 3.05) is 25.6 Å². The summed E-state index contributed by atoms with van der Waals surface area (Å²) in [4.78, 5) is 7.12. The molecular formula is C19H22IN5. The number of fused-ring (bicyclic) bond motifs is 2. The Labute approximate surface area is 161 Å². The lowest BCUT2D eigenvalue weighted by Crippen LogP contribution is -2.33. The number of anilines is 1. The molecule has 0 amide bonds. The van der Waals surface area contributed by atoms with E-state index in [0.717, 1.165) is 31.0 Å². The van der Waals surface area contributed by atoms with Crippen molar-refractivity contribution in [3.05, 3.63) is 59.9 Å². The van der Waals surface area contributed by atoms with E-state index in [2.05, 4.69) is 105 Å². The molecule has 0 bridgehead atoms. The van der Waals surface area contributed by atoms with Gasteiger partial charge in [-0.15, -0.1) is 0 Å². The third-order valence-corrected chi connectivity index (χ3v) is 5.52. The van der Waals surface area contributed by atoms with Crippen molar-refractivity contribution < 1.29 is 0 Å². The number of rotatable bonds is 5. The molecule has 2 aromatic carbocycles. The molecule has 1 N–H and O–H groups in total. The van der Waals surface area contributed by atoms with Crippen molar-refractivity contribution in [1.82, 2.24) is 19.9 Å². The van der Waals surface area contributed by atoms with Gasteiger partial charge in [0.15, 0.2) is 0 Å². The number of alkyl halides is 1. The maximum absolute atomic E-state index is 4.91. The van der Waals surface area contributed by atoms with E-state index in [1.54, 1.807) is 0 Å². The second kappa shape index (κ2) is 6.93. The molecule has 6 heteroatoms. The maximum Gasteiger partial charge on any atom is 0.131 e. The predicted octanol–water partition coefficient (Wildman–Crippen LogP) is 3.56. The lowest BCUT2D eigenvalue weighted by atomic mass is 10.2. The van der Waals surface area contributed by atoms with Gasteiger partial charge in [-0.05, 0) is 32.3 Å². The summed E-state index contributed by atoms with van der Waals surface area (Å²) in [6.07, 6.45) is 0. The number of nitrogens with zero attached hydrogens (tertiary/aromatic N) is 4. The molecule has 5 nitrogen and oxygen atoms in total. The van der Waals surface area contributed by atoms with Crippen LogP contribution < -0.4 is 10.4 Å². The van der Waals surface area contributed by atoms with Crippen molar-refractivity contribution in [3.8, 4) is 0 Å². The molecule has 1 aromatic heterocycles. The molecule has 1 aliphatic heterocycles. The number of likely N-dealkylation sites (N-methyl/N-ethyl adjacent to an activating group) is 1. The van der Waals surface area contributed by atoms with Crippen LogP contribution in [-0.4, -0.2) is 35.1 Å². The zero-order chi connectivity index (χ0) is 17.4. The number of hydrogen-bond acceptors (Lipinski definition) is 4. The highest BCUT2D eigenvalue weighted by Crippen LogP contribution is 2.37. The fourth-order valence-electron chi connectivity index (χ4n) is 3.29. The molecule has 1 unspecified atom stereocenters. The molecule has 0 radical (unpaired) electrons. The number of benzene rings is 2. The molecule has 4 rings (SSSR count). The van der Waals surface area contributed by atoms with Gasteiger partial charge in [0.25, 0.3) is 0 Å². The van der Waals surface area contributed by atoms with Gasteiger partial charge in [0, 0.05) is 18.7 Å². The molecule has 25 heavy (non-hydrogen) atoms. The summed E-state index contributed by atoms with van der Waals surface area (Å²) < 4.78 is 2.65. The Balaban J connectivity index is 1.69. The zero-order valence-corrected chi connectivity index (χ0v) is 16.6. The Kier molecular flexibility index (Phi) is 4.66. The molecule has 1 atom stereocenters. The number of aromatic nitrogens is 2. The van der Waals surface area contributed by atoms with Crippen LogP contribution in [0.1, 0.15) is 15.4 Å². The van der Waals surface area contributed by atoms with Crippen molar-refractivity contribution in [2.24, 2.45) is 0 Å². The first-order valence-corrected chi connectivity index (χ1v) is 9.73. The molecule has 2 heterocycles. The van der Waals surface area contributed by atoms with Gasteiger partial charge in [0.2, 0.25) is 0 Å². The van der Waals surface area contributed by atoms with Crippen LogP contribution in [0.25, 0.3) is 11.0 Å². The summed E-state index contributed by atoms with van der Waals surface area (Å²) in [7, 11) is 4.22. The SMILES string of the molecule is CN(C)CCn1c(CN2NC(I)c3ccccc32)nc2ccccc21. The van der Waals surface area contributed by atoms with E-state index < -0.39 is 0 Å². The molecular weight excluding hydrogens is 425 g/mol. The van der Waals surface area contributed by atoms with E-state index in [-0.39, 0.29) is 0 Å². The molecule has 0 saturated carbocycles. The molecule has 130 valence electrons. The lowest BCUT2D eigenvalue weighted by Gasteiger charge is -2.21. The van der Waals surface area contributed by atoms with Crippen LogP contribution in [0.3, 0.4) is 0 Å². The Morgan fingerprint density at radius 2 is 1.88 bits per heavy atom. The van der Waals surface area contributed by atoms with E-state index in [9.17, 15) is 0 Å². The van der Waals surface area contributed by atoms with E-state index in [0.29, 0.717) is 4.05 Å². The Morgan fingerprint density at radius 1 is 1.12 bits per heavy atom. The van der Waals surface area contributed by atoms with E-state index >= 15 is 0 Å². The number of imidazole rings is 1. The van der Waals surface area contributed by atoms with Crippen LogP contribution in [0.4, 0.5) is 5.69 Å². The quantitative estimate of drug-likeness (QED) is 0.369. The Hall–Kier alpha value is -1.64. The fourth-order valence-corrected chi connectivity index (χ4v) is 4.15. The van der Waals surface area contributed by atoms with Crippen LogP contribution >= 0.6 is 22.6 Å². The van der Waals surface area contributed by atoms with Gasteiger partial charge in [-0.3, -0.25) is 5.01 Å². The highest BCUT2D eigenvalue weighted by atomic mass is 127. The largest absolute Gasteiger partial charge is 0.325 e. The van der Waals surface area contributed by atoms with Crippen molar-refractivity contribution in [3.63, 3.8) is 0 Å².